The predicted molar refractivity (Wildman–Crippen MR) is 112 cm³/mol. The topological polar surface area (TPSA) is 43.9 Å². The van der Waals surface area contributed by atoms with Gasteiger partial charge in [-0.1, -0.05) is 23.8 Å². The Kier molecular flexibility index (Phi) is 5.18. The van der Waals surface area contributed by atoms with Crippen LogP contribution in [0, 0.1) is 6.92 Å². The Morgan fingerprint density at radius 2 is 1.68 bits per heavy atom. The summed E-state index contributed by atoms with van der Waals surface area (Å²) in [6.45, 7) is 5.33. The Labute approximate surface area is 166 Å². The zero-order valence-corrected chi connectivity index (χ0v) is 16.6. The number of fused-ring (bicyclic) bond motifs is 1. The van der Waals surface area contributed by atoms with Crippen LogP contribution in [-0.2, 0) is 11.3 Å². The van der Waals surface area contributed by atoms with E-state index in [9.17, 15) is 9.59 Å². The molecule has 2 aliphatic heterocycles. The van der Waals surface area contributed by atoms with Crippen molar-refractivity contribution in [3.05, 3.63) is 59.2 Å². The van der Waals surface area contributed by atoms with Gasteiger partial charge in [-0.05, 0) is 63.1 Å². The number of piperidine rings is 1. The Hall–Kier alpha value is -2.66. The highest BCUT2D eigenvalue weighted by molar-refractivity contribution is 6.52. The average molecular weight is 377 g/mol. The molecule has 0 aliphatic carbocycles. The number of hydrogen-bond acceptors (Lipinski definition) is 4. The van der Waals surface area contributed by atoms with Crippen molar-refractivity contribution >= 4 is 23.1 Å². The first-order valence-corrected chi connectivity index (χ1v) is 10.0. The van der Waals surface area contributed by atoms with Crippen molar-refractivity contribution in [2.75, 3.05) is 36.6 Å². The maximum absolute atomic E-state index is 12.4. The van der Waals surface area contributed by atoms with E-state index in [2.05, 4.69) is 34.1 Å². The van der Waals surface area contributed by atoms with Crippen LogP contribution < -0.4 is 9.80 Å². The molecule has 0 radical (unpaired) electrons. The van der Waals surface area contributed by atoms with Gasteiger partial charge in [-0.3, -0.25) is 19.4 Å². The second-order valence-corrected chi connectivity index (χ2v) is 7.95. The molecular formula is C23H27N3O2. The number of benzene rings is 2. The fraction of sp³-hybridized carbons (Fsp3) is 0.391. The lowest BCUT2D eigenvalue weighted by Gasteiger charge is -2.29. The maximum atomic E-state index is 12.4. The summed E-state index contributed by atoms with van der Waals surface area (Å²) in [5.74, 6) is -0.842. The van der Waals surface area contributed by atoms with Crippen LogP contribution >= 0.6 is 0 Å². The molecule has 1 saturated heterocycles. The molecule has 0 atom stereocenters. The molecule has 1 fully saturated rings. The molecule has 0 unspecified atom stereocenters. The number of carbonyl (C=O) groups is 2. The molecule has 1 amide bonds. The summed E-state index contributed by atoms with van der Waals surface area (Å²) in [6, 6.07) is 14.3. The molecule has 0 bridgehead atoms. The first-order chi connectivity index (χ1) is 13.5. The molecule has 4 rings (SSSR count). The normalized spacial score (nSPS) is 16.8. The smallest absolute Gasteiger partial charge is 0.300 e. The summed E-state index contributed by atoms with van der Waals surface area (Å²) in [6.07, 6.45) is 3.88. The van der Waals surface area contributed by atoms with Gasteiger partial charge >= 0.3 is 5.91 Å². The molecule has 0 spiro atoms. The largest absolute Gasteiger partial charge is 0.372 e. The van der Waals surface area contributed by atoms with Gasteiger partial charge < -0.3 is 4.90 Å². The van der Waals surface area contributed by atoms with Crippen LogP contribution in [0.15, 0.2) is 42.5 Å². The lowest BCUT2D eigenvalue weighted by molar-refractivity contribution is -0.114. The molecule has 2 aromatic rings. The van der Waals surface area contributed by atoms with Crippen molar-refractivity contribution in [1.82, 2.24) is 4.90 Å². The van der Waals surface area contributed by atoms with E-state index in [1.807, 2.05) is 26.1 Å². The second-order valence-electron chi connectivity index (χ2n) is 7.95. The van der Waals surface area contributed by atoms with Crippen LogP contribution in [0.2, 0.25) is 0 Å². The van der Waals surface area contributed by atoms with Crippen LogP contribution in [0.3, 0.4) is 0 Å². The third-order valence-electron chi connectivity index (χ3n) is 5.62. The molecule has 2 heterocycles. The number of carbonyl (C=O) groups excluding carboxylic acids is 2. The monoisotopic (exact) mass is 377 g/mol. The molecule has 2 aliphatic rings. The van der Waals surface area contributed by atoms with Crippen LogP contribution in [0.25, 0.3) is 0 Å². The summed E-state index contributed by atoms with van der Waals surface area (Å²) in [5, 5.41) is 0. The second kappa shape index (κ2) is 7.76. The van der Waals surface area contributed by atoms with E-state index in [-0.39, 0.29) is 0 Å². The molecular weight excluding hydrogens is 350 g/mol. The van der Waals surface area contributed by atoms with Crippen molar-refractivity contribution in [3.8, 4) is 0 Å². The molecule has 0 N–H and O–H groups in total. The quantitative estimate of drug-likeness (QED) is 0.747. The van der Waals surface area contributed by atoms with E-state index < -0.39 is 11.7 Å². The molecule has 0 aromatic heterocycles. The molecule has 0 saturated carbocycles. The first kappa shape index (κ1) is 18.7. The summed E-state index contributed by atoms with van der Waals surface area (Å²) >= 11 is 0. The highest BCUT2D eigenvalue weighted by Crippen LogP contribution is 2.30. The van der Waals surface area contributed by atoms with Gasteiger partial charge in [0.25, 0.3) is 5.78 Å². The van der Waals surface area contributed by atoms with Gasteiger partial charge in [0.15, 0.2) is 0 Å². The van der Waals surface area contributed by atoms with Crippen LogP contribution in [0.4, 0.5) is 11.4 Å². The number of Topliss-reactive ketones (excluding diaryl/α,β-unsaturated/α-hetero) is 1. The predicted octanol–water partition coefficient (Wildman–Crippen LogP) is 3.60. The minimum Gasteiger partial charge on any atom is -0.372 e. The fourth-order valence-corrected chi connectivity index (χ4v) is 4.12. The van der Waals surface area contributed by atoms with Crippen LogP contribution in [0.1, 0.15) is 40.7 Å². The molecule has 5 nitrogen and oxygen atoms in total. The minimum atomic E-state index is -0.437. The zero-order valence-electron chi connectivity index (χ0n) is 16.6. The van der Waals surface area contributed by atoms with Gasteiger partial charge in [0, 0.05) is 25.3 Å². The number of hydrogen-bond donors (Lipinski definition) is 0. The summed E-state index contributed by atoms with van der Waals surface area (Å²) < 4.78 is 0. The van der Waals surface area contributed by atoms with Gasteiger partial charge in [0.2, 0.25) is 0 Å². The molecule has 2 aromatic carbocycles. The van der Waals surface area contributed by atoms with Crippen molar-refractivity contribution in [3.63, 3.8) is 0 Å². The third kappa shape index (κ3) is 3.67. The number of amides is 1. The van der Waals surface area contributed by atoms with E-state index in [4.69, 9.17) is 0 Å². The highest BCUT2D eigenvalue weighted by Gasteiger charge is 2.36. The number of ketones is 1. The molecule has 28 heavy (non-hydrogen) atoms. The van der Waals surface area contributed by atoms with Gasteiger partial charge in [-0.25, -0.2) is 0 Å². The van der Waals surface area contributed by atoms with E-state index in [0.29, 0.717) is 17.9 Å². The number of aryl methyl sites for hydroxylation is 1. The lowest BCUT2D eigenvalue weighted by Crippen LogP contribution is -2.38. The third-order valence-corrected chi connectivity index (χ3v) is 5.62. The number of rotatable bonds is 5. The summed E-state index contributed by atoms with van der Waals surface area (Å²) in [7, 11) is 1.97. The molecule has 146 valence electrons. The molecule has 5 heteroatoms. The van der Waals surface area contributed by atoms with Crippen molar-refractivity contribution < 1.29 is 9.59 Å². The van der Waals surface area contributed by atoms with E-state index >= 15 is 0 Å². The van der Waals surface area contributed by atoms with E-state index in [1.165, 1.54) is 30.5 Å². The first-order valence-electron chi connectivity index (χ1n) is 10.0. The average Bonchev–Trinajstić information content (AvgIpc) is 2.93. The minimum absolute atomic E-state index is 0.397. The SMILES string of the molecule is Cc1ccc2c(c1)C(=O)C(=O)N2CN(C)Cc1ccc(N2CCCCC2)cc1. The van der Waals surface area contributed by atoms with Crippen molar-refractivity contribution in [2.45, 2.75) is 32.7 Å². The zero-order chi connectivity index (χ0) is 19.7. The van der Waals surface area contributed by atoms with Crippen molar-refractivity contribution in [1.29, 1.82) is 0 Å². The maximum Gasteiger partial charge on any atom is 0.300 e. The Morgan fingerprint density at radius 1 is 0.964 bits per heavy atom. The Balaban J connectivity index is 1.41. The standard InChI is InChI=1S/C23H27N3O2/c1-17-6-11-21-20(14-17)22(27)23(28)26(21)16-24(2)15-18-7-9-19(10-8-18)25-12-4-3-5-13-25/h6-11,14H,3-5,12-13,15-16H2,1-2H3. The highest BCUT2D eigenvalue weighted by atomic mass is 16.2. The van der Waals surface area contributed by atoms with E-state index in [0.717, 1.165) is 25.2 Å². The van der Waals surface area contributed by atoms with E-state index in [1.54, 1.807) is 11.0 Å². The fourth-order valence-electron chi connectivity index (χ4n) is 4.12. The van der Waals surface area contributed by atoms with Crippen LogP contribution in [0.5, 0.6) is 0 Å². The Bertz CT molecular complexity index is 885. The van der Waals surface area contributed by atoms with Gasteiger partial charge in [-0.15, -0.1) is 0 Å². The lowest BCUT2D eigenvalue weighted by atomic mass is 10.1. The number of nitrogens with zero attached hydrogens (tertiary/aromatic N) is 3. The summed E-state index contributed by atoms with van der Waals surface area (Å²) in [4.78, 5) is 30.8. The Morgan fingerprint density at radius 3 is 2.39 bits per heavy atom. The van der Waals surface area contributed by atoms with Crippen LogP contribution in [-0.4, -0.2) is 43.4 Å². The summed E-state index contributed by atoms with van der Waals surface area (Å²) in [5.41, 5.74) is 4.71. The van der Waals surface area contributed by atoms with Gasteiger partial charge in [0.05, 0.1) is 17.9 Å². The number of anilines is 2. The van der Waals surface area contributed by atoms with Crippen molar-refractivity contribution in [2.24, 2.45) is 0 Å². The van der Waals surface area contributed by atoms with Gasteiger partial charge in [-0.2, -0.15) is 0 Å². The van der Waals surface area contributed by atoms with Gasteiger partial charge in [0.1, 0.15) is 0 Å².